The van der Waals surface area contributed by atoms with E-state index in [4.69, 9.17) is 9.47 Å². The highest BCUT2D eigenvalue weighted by molar-refractivity contribution is 5.40. The van der Waals surface area contributed by atoms with Crippen LogP contribution in [0.5, 0.6) is 0 Å². The van der Waals surface area contributed by atoms with Crippen molar-refractivity contribution in [2.75, 3.05) is 45.4 Å². The maximum atomic E-state index is 5.22. The van der Waals surface area contributed by atoms with E-state index >= 15 is 0 Å². The lowest BCUT2D eigenvalue weighted by atomic mass is 10.2. The lowest BCUT2D eigenvalue weighted by Gasteiger charge is -2.28. The van der Waals surface area contributed by atoms with Crippen molar-refractivity contribution >= 4 is 5.82 Å². The Hall–Kier alpha value is -1.17. The molecule has 114 valence electrons. The van der Waals surface area contributed by atoms with Gasteiger partial charge in [0.1, 0.15) is 5.82 Å². The van der Waals surface area contributed by atoms with Gasteiger partial charge in [-0.2, -0.15) is 0 Å². The Bertz CT molecular complexity index is 357. The van der Waals surface area contributed by atoms with Gasteiger partial charge in [0.05, 0.1) is 19.3 Å². The third-order valence-corrected chi connectivity index (χ3v) is 3.20. The van der Waals surface area contributed by atoms with Gasteiger partial charge < -0.3 is 19.7 Å². The molecule has 0 radical (unpaired) electrons. The Labute approximate surface area is 122 Å². The third-order valence-electron chi connectivity index (χ3n) is 3.20. The van der Waals surface area contributed by atoms with Crippen LogP contribution in [0.25, 0.3) is 0 Å². The molecular formula is C15H27N3O2. The van der Waals surface area contributed by atoms with Gasteiger partial charge in [-0.25, -0.2) is 4.98 Å². The fourth-order valence-corrected chi connectivity index (χ4v) is 2.13. The van der Waals surface area contributed by atoms with Crippen molar-refractivity contribution in [3.05, 3.63) is 23.9 Å². The average molecular weight is 281 g/mol. The summed E-state index contributed by atoms with van der Waals surface area (Å²) >= 11 is 0. The van der Waals surface area contributed by atoms with E-state index in [0.29, 0.717) is 12.6 Å². The van der Waals surface area contributed by atoms with E-state index in [1.165, 1.54) is 5.56 Å². The van der Waals surface area contributed by atoms with Crippen LogP contribution in [0.2, 0.25) is 0 Å². The zero-order valence-electron chi connectivity index (χ0n) is 13.1. The van der Waals surface area contributed by atoms with Crippen molar-refractivity contribution in [1.29, 1.82) is 0 Å². The fourth-order valence-electron chi connectivity index (χ4n) is 2.13. The lowest BCUT2D eigenvalue weighted by Crippen LogP contribution is -2.36. The Morgan fingerprint density at radius 3 is 2.65 bits per heavy atom. The molecule has 0 aromatic carbocycles. The van der Waals surface area contributed by atoms with Gasteiger partial charge in [0.25, 0.3) is 0 Å². The van der Waals surface area contributed by atoms with Gasteiger partial charge in [-0.15, -0.1) is 0 Å². The summed E-state index contributed by atoms with van der Waals surface area (Å²) in [5.41, 5.74) is 1.18. The molecule has 0 spiro atoms. The van der Waals surface area contributed by atoms with E-state index in [2.05, 4.69) is 41.2 Å². The van der Waals surface area contributed by atoms with Gasteiger partial charge in [-0.05, 0) is 25.5 Å². The molecule has 5 nitrogen and oxygen atoms in total. The predicted octanol–water partition coefficient (Wildman–Crippen LogP) is 1.68. The summed E-state index contributed by atoms with van der Waals surface area (Å²) in [6, 6.07) is 4.51. The van der Waals surface area contributed by atoms with Crippen molar-refractivity contribution in [3.8, 4) is 0 Å². The minimum atomic E-state index is 0.322. The number of rotatable bonds is 10. The van der Waals surface area contributed by atoms with Gasteiger partial charge in [0.15, 0.2) is 0 Å². The van der Waals surface area contributed by atoms with Crippen molar-refractivity contribution < 1.29 is 9.47 Å². The minimum Gasteiger partial charge on any atom is -0.383 e. The highest BCUT2D eigenvalue weighted by atomic mass is 16.5. The molecule has 0 aliphatic carbocycles. The number of pyridine rings is 1. The highest BCUT2D eigenvalue weighted by Gasteiger charge is 2.13. The third kappa shape index (κ3) is 5.45. The second kappa shape index (κ2) is 9.69. The number of methoxy groups -OCH3 is 2. The van der Waals surface area contributed by atoms with Crippen LogP contribution in [-0.4, -0.2) is 51.5 Å². The molecule has 0 amide bonds. The molecule has 1 aromatic rings. The first kappa shape index (κ1) is 16.9. The zero-order chi connectivity index (χ0) is 14.8. The molecule has 1 atom stereocenters. The van der Waals surface area contributed by atoms with Crippen LogP contribution >= 0.6 is 0 Å². The van der Waals surface area contributed by atoms with Gasteiger partial charge in [-0.1, -0.05) is 6.07 Å². The van der Waals surface area contributed by atoms with Crippen molar-refractivity contribution in [2.24, 2.45) is 0 Å². The van der Waals surface area contributed by atoms with Gasteiger partial charge >= 0.3 is 0 Å². The molecule has 1 rings (SSSR count). The van der Waals surface area contributed by atoms with Crippen LogP contribution < -0.4 is 10.2 Å². The molecule has 0 bridgehead atoms. The average Bonchev–Trinajstić information content (AvgIpc) is 2.46. The normalized spacial score (nSPS) is 12.4. The molecule has 1 N–H and O–H groups in total. The maximum Gasteiger partial charge on any atom is 0.128 e. The summed E-state index contributed by atoms with van der Waals surface area (Å²) in [4.78, 5) is 6.79. The summed E-state index contributed by atoms with van der Waals surface area (Å²) in [6.07, 6.45) is 1.93. The predicted molar refractivity (Wildman–Crippen MR) is 82.2 cm³/mol. The second-order valence-electron chi connectivity index (χ2n) is 4.78. The number of hydrogen-bond acceptors (Lipinski definition) is 5. The summed E-state index contributed by atoms with van der Waals surface area (Å²) in [6.45, 7) is 8.30. The quantitative estimate of drug-likeness (QED) is 0.661. The van der Waals surface area contributed by atoms with Gasteiger partial charge in [0, 0.05) is 40.1 Å². The van der Waals surface area contributed by atoms with Crippen LogP contribution in [0.3, 0.4) is 0 Å². The second-order valence-corrected chi connectivity index (χ2v) is 4.78. The number of nitrogens with zero attached hydrogens (tertiary/aromatic N) is 2. The van der Waals surface area contributed by atoms with E-state index in [1.807, 2.05) is 6.20 Å². The number of ether oxygens (including phenoxy) is 2. The van der Waals surface area contributed by atoms with Crippen LogP contribution in [0, 0.1) is 0 Å². The Kier molecular flexibility index (Phi) is 8.18. The molecular weight excluding hydrogens is 254 g/mol. The van der Waals surface area contributed by atoms with Gasteiger partial charge in [0.2, 0.25) is 0 Å². The van der Waals surface area contributed by atoms with Crippen molar-refractivity contribution in [2.45, 2.75) is 26.4 Å². The number of nitrogens with one attached hydrogen (secondary N) is 1. The van der Waals surface area contributed by atoms with E-state index in [1.54, 1.807) is 14.2 Å². The van der Waals surface area contributed by atoms with Crippen molar-refractivity contribution in [1.82, 2.24) is 10.3 Å². The molecule has 0 aliphatic heterocycles. The monoisotopic (exact) mass is 281 g/mol. The largest absolute Gasteiger partial charge is 0.383 e. The van der Waals surface area contributed by atoms with Crippen LogP contribution in [0.1, 0.15) is 19.4 Å². The fraction of sp³-hybridized carbons (Fsp3) is 0.667. The number of likely N-dealkylation sites (N-methyl/N-ethyl adjacent to an activating group) is 1. The minimum absolute atomic E-state index is 0.322. The number of anilines is 1. The molecule has 0 fully saturated rings. The summed E-state index contributed by atoms with van der Waals surface area (Å²) in [5, 5.41) is 3.31. The summed E-state index contributed by atoms with van der Waals surface area (Å²) in [5.74, 6) is 0.998. The Morgan fingerprint density at radius 1 is 1.30 bits per heavy atom. The summed E-state index contributed by atoms with van der Waals surface area (Å²) < 4.78 is 10.2. The topological polar surface area (TPSA) is 46.6 Å². The first-order valence-electron chi connectivity index (χ1n) is 7.13. The maximum absolute atomic E-state index is 5.22. The lowest BCUT2D eigenvalue weighted by molar-refractivity contribution is 0.181. The van der Waals surface area contributed by atoms with Gasteiger partial charge in [-0.3, -0.25) is 0 Å². The van der Waals surface area contributed by atoms with Crippen LogP contribution in [0.15, 0.2) is 18.3 Å². The zero-order valence-corrected chi connectivity index (χ0v) is 13.1. The molecule has 0 saturated carbocycles. The Balaban J connectivity index is 2.55. The summed E-state index contributed by atoms with van der Waals surface area (Å²) in [7, 11) is 3.44. The van der Waals surface area contributed by atoms with E-state index < -0.39 is 0 Å². The van der Waals surface area contributed by atoms with Crippen LogP contribution in [0.4, 0.5) is 5.82 Å². The number of hydrogen-bond donors (Lipinski definition) is 1. The first-order chi connectivity index (χ1) is 9.72. The number of aromatic nitrogens is 1. The molecule has 0 aliphatic rings. The molecule has 20 heavy (non-hydrogen) atoms. The highest BCUT2D eigenvalue weighted by Crippen LogP contribution is 2.14. The molecule has 0 saturated heterocycles. The Morgan fingerprint density at radius 2 is 2.10 bits per heavy atom. The van der Waals surface area contributed by atoms with E-state index in [-0.39, 0.29) is 0 Å². The van der Waals surface area contributed by atoms with E-state index in [0.717, 1.165) is 32.1 Å². The smallest absolute Gasteiger partial charge is 0.128 e. The SMILES string of the molecule is CCN(c1ccc(CNCCOC)cn1)C(C)COC. The molecule has 1 unspecified atom stereocenters. The van der Waals surface area contributed by atoms with Crippen molar-refractivity contribution in [3.63, 3.8) is 0 Å². The van der Waals surface area contributed by atoms with E-state index in [9.17, 15) is 0 Å². The van der Waals surface area contributed by atoms with Crippen LogP contribution in [-0.2, 0) is 16.0 Å². The standard InChI is InChI=1S/C15H27N3O2/c1-5-18(13(2)12-20-4)15-7-6-14(11-17-15)10-16-8-9-19-3/h6-7,11,13,16H,5,8-10,12H2,1-4H3. The first-order valence-corrected chi connectivity index (χ1v) is 7.13. The molecule has 5 heteroatoms. The molecule has 1 aromatic heterocycles. The molecule has 1 heterocycles.